The van der Waals surface area contributed by atoms with Crippen LogP contribution < -0.4 is 0 Å². The summed E-state index contributed by atoms with van der Waals surface area (Å²) in [5.74, 6) is 0. The van der Waals surface area contributed by atoms with Gasteiger partial charge in [-0.25, -0.2) is 4.68 Å². The van der Waals surface area contributed by atoms with Crippen LogP contribution in [0.25, 0.3) is 0 Å². The maximum absolute atomic E-state index is 4.19. The molecule has 0 aliphatic carbocycles. The summed E-state index contributed by atoms with van der Waals surface area (Å²) < 4.78 is 2.06. The number of unbranched alkanes of at least 4 members (excludes halogenated alkanes) is 2. The lowest BCUT2D eigenvalue weighted by Gasteiger charge is -2.15. The third-order valence-corrected chi connectivity index (χ3v) is 2.78. The van der Waals surface area contributed by atoms with E-state index in [0.717, 1.165) is 5.69 Å². The summed E-state index contributed by atoms with van der Waals surface area (Å²) >= 11 is 0. The van der Waals surface area contributed by atoms with Gasteiger partial charge in [-0.3, -0.25) is 0 Å². The third kappa shape index (κ3) is 4.02. The highest BCUT2D eigenvalue weighted by molar-refractivity contribution is 4.88. The second-order valence-corrected chi connectivity index (χ2v) is 4.28. The van der Waals surface area contributed by atoms with Gasteiger partial charge in [0, 0.05) is 6.20 Å². The normalized spacial score (nSPS) is 11.2. The number of aromatic nitrogens is 3. The first-order chi connectivity index (χ1) is 7.27. The molecule has 0 aliphatic rings. The number of hydrogen-bond donors (Lipinski definition) is 0. The van der Waals surface area contributed by atoms with Crippen LogP contribution >= 0.6 is 0 Å². The Morgan fingerprint density at radius 1 is 1.20 bits per heavy atom. The molecule has 86 valence electrons. The van der Waals surface area contributed by atoms with Gasteiger partial charge < -0.3 is 0 Å². The topological polar surface area (TPSA) is 30.7 Å². The zero-order valence-electron chi connectivity index (χ0n) is 10.2. The van der Waals surface area contributed by atoms with Gasteiger partial charge in [-0.05, 0) is 19.8 Å². The van der Waals surface area contributed by atoms with Crippen LogP contribution in [0.2, 0.25) is 0 Å². The SMILES string of the molecule is CCCCC(CCCC)n1cc(C)nn1. The van der Waals surface area contributed by atoms with E-state index >= 15 is 0 Å². The minimum absolute atomic E-state index is 0.561. The second-order valence-electron chi connectivity index (χ2n) is 4.28. The maximum Gasteiger partial charge on any atom is 0.0796 e. The van der Waals surface area contributed by atoms with Crippen LogP contribution in [0.15, 0.2) is 6.20 Å². The van der Waals surface area contributed by atoms with Crippen LogP contribution in [0.5, 0.6) is 0 Å². The Kier molecular flexibility index (Phi) is 5.37. The molecule has 0 atom stereocenters. The summed E-state index contributed by atoms with van der Waals surface area (Å²) in [7, 11) is 0. The van der Waals surface area contributed by atoms with Gasteiger partial charge >= 0.3 is 0 Å². The molecule has 1 heterocycles. The summed E-state index contributed by atoms with van der Waals surface area (Å²) in [6.07, 6.45) is 9.63. The van der Waals surface area contributed by atoms with Crippen LogP contribution in [0.3, 0.4) is 0 Å². The molecule has 1 aromatic rings. The molecule has 0 N–H and O–H groups in total. The zero-order valence-corrected chi connectivity index (χ0v) is 10.2. The fourth-order valence-electron chi connectivity index (χ4n) is 1.83. The summed E-state index contributed by atoms with van der Waals surface area (Å²) in [6, 6.07) is 0.561. The minimum Gasteiger partial charge on any atom is -0.249 e. The monoisotopic (exact) mass is 209 g/mol. The van der Waals surface area contributed by atoms with E-state index in [9.17, 15) is 0 Å². The van der Waals surface area contributed by atoms with Gasteiger partial charge in [0.25, 0.3) is 0 Å². The van der Waals surface area contributed by atoms with Gasteiger partial charge in [0.15, 0.2) is 0 Å². The smallest absolute Gasteiger partial charge is 0.0796 e. The van der Waals surface area contributed by atoms with Crippen molar-refractivity contribution in [1.29, 1.82) is 0 Å². The van der Waals surface area contributed by atoms with E-state index < -0.39 is 0 Å². The van der Waals surface area contributed by atoms with Gasteiger partial charge in [-0.15, -0.1) is 5.10 Å². The van der Waals surface area contributed by atoms with Gasteiger partial charge in [-0.2, -0.15) is 0 Å². The Labute approximate surface area is 92.9 Å². The largest absolute Gasteiger partial charge is 0.249 e. The van der Waals surface area contributed by atoms with Crippen LogP contribution in [0.1, 0.15) is 64.1 Å². The third-order valence-electron chi connectivity index (χ3n) is 2.78. The van der Waals surface area contributed by atoms with Gasteiger partial charge in [0.2, 0.25) is 0 Å². The lowest BCUT2D eigenvalue weighted by Crippen LogP contribution is -2.10. The van der Waals surface area contributed by atoms with E-state index in [2.05, 4.69) is 35.0 Å². The van der Waals surface area contributed by atoms with Crippen LogP contribution in [-0.2, 0) is 0 Å². The maximum atomic E-state index is 4.19. The van der Waals surface area contributed by atoms with E-state index in [-0.39, 0.29) is 0 Å². The lowest BCUT2D eigenvalue weighted by molar-refractivity contribution is 0.370. The first-order valence-corrected chi connectivity index (χ1v) is 6.16. The minimum atomic E-state index is 0.561. The molecule has 0 spiro atoms. The van der Waals surface area contributed by atoms with Crippen molar-refractivity contribution in [3.05, 3.63) is 11.9 Å². The van der Waals surface area contributed by atoms with E-state index in [4.69, 9.17) is 0 Å². The Morgan fingerprint density at radius 2 is 1.80 bits per heavy atom. The van der Waals surface area contributed by atoms with Crippen molar-refractivity contribution < 1.29 is 0 Å². The molecule has 0 bridgehead atoms. The number of nitrogens with zero attached hydrogens (tertiary/aromatic N) is 3. The first-order valence-electron chi connectivity index (χ1n) is 6.16. The molecule has 3 nitrogen and oxygen atoms in total. The summed E-state index contributed by atoms with van der Waals surface area (Å²) in [6.45, 7) is 6.48. The Morgan fingerprint density at radius 3 is 2.20 bits per heavy atom. The van der Waals surface area contributed by atoms with E-state index in [1.54, 1.807) is 0 Å². The molecule has 1 rings (SSSR count). The predicted molar refractivity (Wildman–Crippen MR) is 62.8 cm³/mol. The number of rotatable bonds is 7. The quantitative estimate of drug-likeness (QED) is 0.688. The molecule has 0 radical (unpaired) electrons. The molecular formula is C12H23N3. The van der Waals surface area contributed by atoms with Crippen LogP contribution in [0.4, 0.5) is 0 Å². The number of hydrogen-bond acceptors (Lipinski definition) is 2. The Bertz CT molecular complexity index is 260. The summed E-state index contributed by atoms with van der Waals surface area (Å²) in [5.41, 5.74) is 1.02. The standard InChI is InChI=1S/C12H23N3/c1-4-6-8-12(9-7-5-2)15-10-11(3)13-14-15/h10,12H,4-9H2,1-3H3. The summed E-state index contributed by atoms with van der Waals surface area (Å²) in [4.78, 5) is 0. The fourth-order valence-corrected chi connectivity index (χ4v) is 1.83. The highest BCUT2D eigenvalue weighted by atomic mass is 15.4. The zero-order chi connectivity index (χ0) is 11.1. The molecule has 0 saturated heterocycles. The molecular weight excluding hydrogens is 186 g/mol. The van der Waals surface area contributed by atoms with E-state index in [0.29, 0.717) is 6.04 Å². The van der Waals surface area contributed by atoms with Gasteiger partial charge in [-0.1, -0.05) is 44.7 Å². The molecule has 0 amide bonds. The van der Waals surface area contributed by atoms with Gasteiger partial charge in [0.05, 0.1) is 11.7 Å². The van der Waals surface area contributed by atoms with Crippen molar-refractivity contribution >= 4 is 0 Å². The van der Waals surface area contributed by atoms with Crippen LogP contribution in [0, 0.1) is 6.92 Å². The molecule has 15 heavy (non-hydrogen) atoms. The highest BCUT2D eigenvalue weighted by Crippen LogP contribution is 2.20. The Balaban J connectivity index is 2.54. The van der Waals surface area contributed by atoms with Crippen molar-refractivity contribution in [3.63, 3.8) is 0 Å². The molecule has 1 aromatic heterocycles. The molecule has 3 heteroatoms. The molecule has 0 fully saturated rings. The fraction of sp³-hybridized carbons (Fsp3) is 0.833. The van der Waals surface area contributed by atoms with Crippen molar-refractivity contribution in [2.24, 2.45) is 0 Å². The molecule has 0 aliphatic heterocycles. The van der Waals surface area contributed by atoms with Gasteiger partial charge in [0.1, 0.15) is 0 Å². The van der Waals surface area contributed by atoms with E-state index in [1.165, 1.54) is 38.5 Å². The molecule has 0 saturated carbocycles. The van der Waals surface area contributed by atoms with E-state index in [1.807, 2.05) is 6.92 Å². The predicted octanol–water partition coefficient (Wildman–Crippen LogP) is 3.51. The number of aryl methyl sites for hydroxylation is 1. The average molecular weight is 209 g/mol. The lowest BCUT2D eigenvalue weighted by atomic mass is 10.0. The van der Waals surface area contributed by atoms with Crippen molar-refractivity contribution in [3.8, 4) is 0 Å². The highest BCUT2D eigenvalue weighted by Gasteiger charge is 2.11. The molecule has 0 unspecified atom stereocenters. The summed E-state index contributed by atoms with van der Waals surface area (Å²) in [5, 5.41) is 8.26. The second kappa shape index (κ2) is 6.59. The first kappa shape index (κ1) is 12.2. The van der Waals surface area contributed by atoms with Crippen LogP contribution in [-0.4, -0.2) is 15.0 Å². The molecule has 0 aromatic carbocycles. The van der Waals surface area contributed by atoms with Crippen molar-refractivity contribution in [2.75, 3.05) is 0 Å². The Hall–Kier alpha value is -0.860. The van der Waals surface area contributed by atoms with Crippen molar-refractivity contribution in [2.45, 2.75) is 65.3 Å². The average Bonchev–Trinajstić information content (AvgIpc) is 2.65. The van der Waals surface area contributed by atoms with Crippen molar-refractivity contribution in [1.82, 2.24) is 15.0 Å².